The molecule has 7 nitrogen and oxygen atoms in total. The molecule has 2 N–H and O–H groups in total. The molecule has 3 rings (SSSR count). The van der Waals surface area contributed by atoms with E-state index in [0.717, 1.165) is 18.4 Å². The Hall–Kier alpha value is -1.81. The van der Waals surface area contributed by atoms with Crippen molar-refractivity contribution < 1.29 is 16.8 Å². The Kier molecular flexibility index (Phi) is 5.19. The fourth-order valence-corrected chi connectivity index (χ4v) is 4.59. The average molecular weight is 381 g/mol. The third kappa shape index (κ3) is 4.85. The Bertz CT molecular complexity index is 923. The molecule has 1 heterocycles. The molecule has 1 fully saturated rings. The minimum absolute atomic E-state index is 0.00302. The van der Waals surface area contributed by atoms with E-state index in [9.17, 15) is 16.8 Å². The van der Waals surface area contributed by atoms with Gasteiger partial charge in [0.25, 0.3) is 0 Å². The van der Waals surface area contributed by atoms with E-state index < -0.39 is 20.0 Å². The summed E-state index contributed by atoms with van der Waals surface area (Å²) >= 11 is 0. The highest BCUT2D eigenvalue weighted by atomic mass is 32.2. The number of hydrogen-bond acceptors (Lipinski definition) is 5. The summed E-state index contributed by atoms with van der Waals surface area (Å²) in [7, 11) is -7.27. The van der Waals surface area contributed by atoms with Crippen LogP contribution in [-0.2, 0) is 26.5 Å². The van der Waals surface area contributed by atoms with Gasteiger partial charge < -0.3 is 0 Å². The summed E-state index contributed by atoms with van der Waals surface area (Å²) in [5.41, 5.74) is 0.977. The molecule has 1 aliphatic rings. The summed E-state index contributed by atoms with van der Waals surface area (Å²) in [6.07, 6.45) is 5.52. The Labute approximate surface area is 147 Å². The zero-order valence-corrected chi connectivity index (χ0v) is 15.1. The molecule has 25 heavy (non-hydrogen) atoms. The molecule has 0 amide bonds. The second-order valence-corrected chi connectivity index (χ2v) is 9.35. The Morgan fingerprint density at radius 2 is 1.44 bits per heavy atom. The summed E-state index contributed by atoms with van der Waals surface area (Å²) < 4.78 is 53.8. The molecule has 9 heteroatoms. The summed E-state index contributed by atoms with van der Waals surface area (Å²) in [6, 6.07) is 8.86. The van der Waals surface area contributed by atoms with Gasteiger partial charge in [-0.1, -0.05) is 0 Å². The Morgan fingerprint density at radius 3 is 2.00 bits per heavy atom. The third-order valence-electron chi connectivity index (χ3n) is 3.80. The second kappa shape index (κ2) is 7.20. The first kappa shape index (κ1) is 18.0. The van der Waals surface area contributed by atoms with Gasteiger partial charge in [-0.15, -0.1) is 0 Å². The molecule has 1 aliphatic carbocycles. The van der Waals surface area contributed by atoms with Gasteiger partial charge in [-0.05, 0) is 61.2 Å². The SMILES string of the molecule is O=S(=O)(NCCc1ccncc1)c1ccc(S(=O)(=O)NC2CC2)cc1. The molecule has 0 bridgehead atoms. The summed E-state index contributed by atoms with van der Waals surface area (Å²) in [6.45, 7) is 0.246. The van der Waals surface area contributed by atoms with Gasteiger partial charge in [0, 0.05) is 25.0 Å². The maximum atomic E-state index is 12.3. The number of benzene rings is 1. The highest BCUT2D eigenvalue weighted by Crippen LogP contribution is 2.22. The van der Waals surface area contributed by atoms with Crippen LogP contribution in [0.1, 0.15) is 18.4 Å². The van der Waals surface area contributed by atoms with Crippen LogP contribution in [0.5, 0.6) is 0 Å². The monoisotopic (exact) mass is 381 g/mol. The van der Waals surface area contributed by atoms with Gasteiger partial charge >= 0.3 is 0 Å². The molecule has 1 saturated carbocycles. The number of pyridine rings is 1. The van der Waals surface area contributed by atoms with Crippen LogP contribution in [-0.4, -0.2) is 34.4 Å². The van der Waals surface area contributed by atoms with Crippen molar-refractivity contribution in [3.05, 3.63) is 54.4 Å². The molecular formula is C16H19N3O4S2. The lowest BCUT2D eigenvalue weighted by molar-refractivity contribution is 0.577. The first-order chi connectivity index (χ1) is 11.9. The molecule has 1 aromatic heterocycles. The highest BCUT2D eigenvalue weighted by Gasteiger charge is 2.28. The fourth-order valence-electron chi connectivity index (χ4n) is 2.25. The van der Waals surface area contributed by atoms with Crippen molar-refractivity contribution in [3.63, 3.8) is 0 Å². The van der Waals surface area contributed by atoms with E-state index in [1.165, 1.54) is 24.3 Å². The first-order valence-corrected chi connectivity index (χ1v) is 10.8. The van der Waals surface area contributed by atoms with E-state index in [1.807, 2.05) is 12.1 Å². The van der Waals surface area contributed by atoms with Gasteiger partial charge in [0.1, 0.15) is 0 Å². The number of nitrogens with one attached hydrogen (secondary N) is 2. The minimum Gasteiger partial charge on any atom is -0.265 e. The van der Waals surface area contributed by atoms with E-state index >= 15 is 0 Å². The maximum Gasteiger partial charge on any atom is 0.240 e. The molecule has 0 spiro atoms. The van der Waals surface area contributed by atoms with Crippen LogP contribution in [0.25, 0.3) is 0 Å². The van der Waals surface area contributed by atoms with Gasteiger partial charge in [-0.2, -0.15) is 0 Å². The molecule has 0 unspecified atom stereocenters. The van der Waals surface area contributed by atoms with Gasteiger partial charge in [-0.25, -0.2) is 26.3 Å². The maximum absolute atomic E-state index is 12.3. The van der Waals surface area contributed by atoms with Gasteiger partial charge in [-0.3, -0.25) is 4.98 Å². The normalized spacial score (nSPS) is 15.2. The smallest absolute Gasteiger partial charge is 0.240 e. The predicted octanol–water partition coefficient (Wildman–Crippen LogP) is 1.04. The van der Waals surface area contributed by atoms with Crippen LogP contribution in [0, 0.1) is 0 Å². The predicted molar refractivity (Wildman–Crippen MR) is 92.9 cm³/mol. The van der Waals surface area contributed by atoms with E-state index in [0.29, 0.717) is 6.42 Å². The molecule has 0 aliphatic heterocycles. The van der Waals surface area contributed by atoms with Crippen molar-refractivity contribution in [3.8, 4) is 0 Å². The summed E-state index contributed by atoms with van der Waals surface area (Å²) in [4.78, 5) is 4.01. The Morgan fingerprint density at radius 1 is 0.880 bits per heavy atom. The van der Waals surface area contributed by atoms with E-state index in [2.05, 4.69) is 14.4 Å². The number of hydrogen-bond donors (Lipinski definition) is 2. The van der Waals surface area contributed by atoms with Crippen LogP contribution in [0.3, 0.4) is 0 Å². The molecule has 0 atom stereocenters. The van der Waals surface area contributed by atoms with Crippen molar-refractivity contribution in [2.75, 3.05) is 6.54 Å². The number of nitrogens with zero attached hydrogens (tertiary/aromatic N) is 1. The van der Waals surface area contributed by atoms with Gasteiger partial charge in [0.05, 0.1) is 9.79 Å². The summed E-state index contributed by atoms with van der Waals surface area (Å²) in [5.74, 6) is 0. The third-order valence-corrected chi connectivity index (χ3v) is 6.81. The van der Waals surface area contributed by atoms with Crippen molar-refractivity contribution in [1.82, 2.24) is 14.4 Å². The lowest BCUT2D eigenvalue weighted by atomic mass is 10.2. The quantitative estimate of drug-likeness (QED) is 0.711. The van der Waals surface area contributed by atoms with Crippen molar-refractivity contribution in [2.45, 2.75) is 35.1 Å². The van der Waals surface area contributed by atoms with Crippen LogP contribution in [0.2, 0.25) is 0 Å². The van der Waals surface area contributed by atoms with Gasteiger partial charge in [0.15, 0.2) is 0 Å². The van der Waals surface area contributed by atoms with Crippen LogP contribution < -0.4 is 9.44 Å². The largest absolute Gasteiger partial charge is 0.265 e. The van der Waals surface area contributed by atoms with Gasteiger partial charge in [0.2, 0.25) is 20.0 Å². The van der Waals surface area contributed by atoms with Crippen LogP contribution in [0.15, 0.2) is 58.6 Å². The van der Waals surface area contributed by atoms with E-state index in [1.54, 1.807) is 12.4 Å². The second-order valence-electron chi connectivity index (χ2n) is 5.87. The first-order valence-electron chi connectivity index (χ1n) is 7.88. The van der Waals surface area contributed by atoms with Crippen molar-refractivity contribution >= 4 is 20.0 Å². The number of aromatic nitrogens is 1. The zero-order valence-electron chi connectivity index (χ0n) is 13.4. The minimum atomic E-state index is -3.68. The zero-order chi connectivity index (χ0) is 17.9. The highest BCUT2D eigenvalue weighted by molar-refractivity contribution is 7.90. The lowest BCUT2D eigenvalue weighted by Gasteiger charge is -2.09. The fraction of sp³-hybridized carbons (Fsp3) is 0.312. The van der Waals surface area contributed by atoms with Crippen molar-refractivity contribution in [1.29, 1.82) is 0 Å². The summed E-state index contributed by atoms with van der Waals surface area (Å²) in [5, 5.41) is 0. The van der Waals surface area contributed by atoms with E-state index in [-0.39, 0.29) is 22.4 Å². The Balaban J connectivity index is 1.63. The van der Waals surface area contributed by atoms with Crippen LogP contribution >= 0.6 is 0 Å². The van der Waals surface area contributed by atoms with Crippen LogP contribution in [0.4, 0.5) is 0 Å². The molecular weight excluding hydrogens is 362 g/mol. The average Bonchev–Trinajstić information content (AvgIpc) is 3.39. The lowest BCUT2D eigenvalue weighted by Crippen LogP contribution is -2.27. The molecule has 1 aromatic carbocycles. The molecule has 0 radical (unpaired) electrons. The molecule has 134 valence electrons. The standard InChI is InChI=1S/C16H19N3O4S2/c20-24(21,18-12-9-13-7-10-17-11-8-13)15-3-5-16(6-4-15)25(22,23)19-14-1-2-14/h3-8,10-11,14,18-19H,1-2,9,12H2. The number of rotatable bonds is 8. The molecule has 0 saturated heterocycles. The number of sulfonamides is 2. The molecule has 2 aromatic rings. The topological polar surface area (TPSA) is 105 Å². The van der Waals surface area contributed by atoms with E-state index in [4.69, 9.17) is 0 Å². The van der Waals surface area contributed by atoms with Crippen molar-refractivity contribution in [2.24, 2.45) is 0 Å².